The van der Waals surface area contributed by atoms with Gasteiger partial charge in [0.15, 0.2) is 0 Å². The lowest BCUT2D eigenvalue weighted by molar-refractivity contribution is 0.0166. The van der Waals surface area contributed by atoms with Gasteiger partial charge in [0.1, 0.15) is 10.6 Å². The molecule has 1 aromatic heterocycles. The maximum atomic E-state index is 5.82. The lowest BCUT2D eigenvalue weighted by atomic mass is 10.0. The number of rotatable bonds is 4. The average Bonchev–Trinajstić information content (AvgIpc) is 2.84. The fourth-order valence-electron chi connectivity index (χ4n) is 2.10. The van der Waals surface area contributed by atoms with Gasteiger partial charge in [-0.2, -0.15) is 0 Å². The van der Waals surface area contributed by atoms with Gasteiger partial charge in [0.05, 0.1) is 5.69 Å². The summed E-state index contributed by atoms with van der Waals surface area (Å²) in [6.07, 6.45) is 4.33. The van der Waals surface area contributed by atoms with E-state index in [1.807, 2.05) is 0 Å². The lowest BCUT2D eigenvalue weighted by Crippen LogP contribution is -2.19. The highest BCUT2D eigenvalue weighted by atomic mass is 32.1. The van der Waals surface area contributed by atoms with Crippen LogP contribution in [0, 0.1) is 6.92 Å². The Kier molecular flexibility index (Phi) is 3.62. The van der Waals surface area contributed by atoms with Crippen LogP contribution in [0.5, 0.6) is 0 Å². The molecule has 1 saturated heterocycles. The molecule has 1 fully saturated rings. The normalized spacial score (nSPS) is 25.2. The van der Waals surface area contributed by atoms with E-state index in [1.54, 1.807) is 11.3 Å². The first kappa shape index (κ1) is 12.0. The molecule has 1 atom stereocenters. The van der Waals surface area contributed by atoms with Crippen molar-refractivity contribution in [2.75, 3.05) is 13.2 Å². The lowest BCUT2D eigenvalue weighted by Gasteiger charge is -2.19. The molecule has 1 aromatic rings. The van der Waals surface area contributed by atoms with E-state index in [-0.39, 0.29) is 5.60 Å². The van der Waals surface area contributed by atoms with Crippen molar-refractivity contribution in [2.45, 2.75) is 45.1 Å². The maximum Gasteiger partial charge on any atom is 0.125 e. The fraction of sp³-hybridized carbons (Fsp3) is 0.750. The Labute approximate surface area is 101 Å². The summed E-state index contributed by atoms with van der Waals surface area (Å²) in [6, 6.07) is 0. The van der Waals surface area contributed by atoms with Crippen LogP contribution in [0.1, 0.15) is 41.8 Å². The van der Waals surface area contributed by atoms with Gasteiger partial charge in [-0.25, -0.2) is 4.98 Å². The third kappa shape index (κ3) is 2.29. The molecular weight excluding hydrogens is 220 g/mol. The average molecular weight is 240 g/mol. The minimum absolute atomic E-state index is 0.129. The molecule has 16 heavy (non-hydrogen) atoms. The summed E-state index contributed by atoms with van der Waals surface area (Å²) in [6.45, 7) is 5.86. The predicted octanol–water partition coefficient (Wildman–Crippen LogP) is 2.37. The van der Waals surface area contributed by atoms with Crippen molar-refractivity contribution in [2.24, 2.45) is 5.73 Å². The van der Waals surface area contributed by atoms with E-state index in [1.165, 1.54) is 4.88 Å². The summed E-state index contributed by atoms with van der Waals surface area (Å²) in [5.41, 5.74) is 6.57. The van der Waals surface area contributed by atoms with Gasteiger partial charge in [-0.1, -0.05) is 0 Å². The van der Waals surface area contributed by atoms with E-state index in [0.717, 1.165) is 49.5 Å². The third-order valence-corrected chi connectivity index (χ3v) is 4.63. The van der Waals surface area contributed by atoms with Gasteiger partial charge in [0, 0.05) is 11.5 Å². The molecule has 1 unspecified atom stereocenters. The SMILES string of the molecule is Cc1nc(C2(C)CCCO2)sc1CCCN. The van der Waals surface area contributed by atoms with Crippen LogP contribution >= 0.6 is 11.3 Å². The van der Waals surface area contributed by atoms with Gasteiger partial charge in [-0.15, -0.1) is 11.3 Å². The van der Waals surface area contributed by atoms with Gasteiger partial charge >= 0.3 is 0 Å². The second-order valence-corrected chi connectivity index (χ2v) is 5.69. The zero-order valence-corrected chi connectivity index (χ0v) is 10.9. The van der Waals surface area contributed by atoms with Crippen molar-refractivity contribution >= 4 is 11.3 Å². The van der Waals surface area contributed by atoms with E-state index in [4.69, 9.17) is 10.5 Å². The van der Waals surface area contributed by atoms with Crippen molar-refractivity contribution in [3.05, 3.63) is 15.6 Å². The van der Waals surface area contributed by atoms with Crippen molar-refractivity contribution in [1.29, 1.82) is 0 Å². The van der Waals surface area contributed by atoms with E-state index >= 15 is 0 Å². The molecule has 2 rings (SSSR count). The Morgan fingerprint density at radius 3 is 3.00 bits per heavy atom. The molecule has 0 amide bonds. The molecule has 0 radical (unpaired) electrons. The monoisotopic (exact) mass is 240 g/mol. The van der Waals surface area contributed by atoms with E-state index in [2.05, 4.69) is 18.8 Å². The topological polar surface area (TPSA) is 48.1 Å². The number of hydrogen-bond acceptors (Lipinski definition) is 4. The largest absolute Gasteiger partial charge is 0.368 e. The van der Waals surface area contributed by atoms with Crippen LogP contribution in [0.4, 0.5) is 0 Å². The van der Waals surface area contributed by atoms with Gasteiger partial charge in [0.2, 0.25) is 0 Å². The zero-order chi connectivity index (χ0) is 11.6. The Bertz CT molecular complexity index is 356. The molecule has 0 saturated carbocycles. The Balaban J connectivity index is 2.16. The zero-order valence-electron chi connectivity index (χ0n) is 10.1. The number of nitrogens with zero attached hydrogens (tertiary/aromatic N) is 1. The van der Waals surface area contributed by atoms with Gasteiger partial charge in [0.25, 0.3) is 0 Å². The summed E-state index contributed by atoms with van der Waals surface area (Å²) in [5.74, 6) is 0. The molecule has 4 heteroatoms. The Hall–Kier alpha value is -0.450. The molecule has 0 aliphatic carbocycles. The highest BCUT2D eigenvalue weighted by Crippen LogP contribution is 2.38. The standard InChI is InChI=1S/C12H20N2OS/c1-9-10(5-3-7-13)16-11(14-9)12(2)6-4-8-15-12/h3-8,13H2,1-2H3. The van der Waals surface area contributed by atoms with Crippen LogP contribution in [0.25, 0.3) is 0 Å². The second kappa shape index (κ2) is 4.82. The van der Waals surface area contributed by atoms with Crippen LogP contribution < -0.4 is 5.73 Å². The van der Waals surface area contributed by atoms with Gasteiger partial charge in [-0.3, -0.25) is 0 Å². The first-order chi connectivity index (χ1) is 7.65. The maximum absolute atomic E-state index is 5.82. The molecule has 0 bridgehead atoms. The van der Waals surface area contributed by atoms with E-state index in [0.29, 0.717) is 0 Å². The van der Waals surface area contributed by atoms with Crippen LogP contribution in [0.15, 0.2) is 0 Å². The second-order valence-electron chi connectivity index (χ2n) is 4.60. The highest BCUT2D eigenvalue weighted by Gasteiger charge is 2.35. The van der Waals surface area contributed by atoms with Crippen LogP contribution in [-0.2, 0) is 16.8 Å². The number of ether oxygens (including phenoxy) is 1. The molecule has 0 aromatic carbocycles. The van der Waals surface area contributed by atoms with Crippen molar-refractivity contribution in [1.82, 2.24) is 4.98 Å². The molecule has 90 valence electrons. The van der Waals surface area contributed by atoms with Gasteiger partial charge < -0.3 is 10.5 Å². The minimum atomic E-state index is -0.129. The number of hydrogen-bond donors (Lipinski definition) is 1. The summed E-state index contributed by atoms with van der Waals surface area (Å²) in [4.78, 5) is 6.04. The molecule has 1 aliphatic heterocycles. The summed E-state index contributed by atoms with van der Waals surface area (Å²) < 4.78 is 5.82. The van der Waals surface area contributed by atoms with E-state index in [9.17, 15) is 0 Å². The quantitative estimate of drug-likeness (QED) is 0.879. The number of nitrogens with two attached hydrogens (primary N) is 1. The van der Waals surface area contributed by atoms with Crippen molar-refractivity contribution in [3.8, 4) is 0 Å². The molecular formula is C12H20N2OS. The predicted molar refractivity (Wildman–Crippen MR) is 66.8 cm³/mol. The van der Waals surface area contributed by atoms with Crippen LogP contribution in [-0.4, -0.2) is 18.1 Å². The Morgan fingerprint density at radius 1 is 1.56 bits per heavy atom. The van der Waals surface area contributed by atoms with Crippen LogP contribution in [0.3, 0.4) is 0 Å². The van der Waals surface area contributed by atoms with E-state index < -0.39 is 0 Å². The highest BCUT2D eigenvalue weighted by molar-refractivity contribution is 7.11. The summed E-state index contributed by atoms with van der Waals surface area (Å²) in [5, 5.41) is 1.15. The number of aryl methyl sites for hydroxylation is 2. The first-order valence-corrected chi connectivity index (χ1v) is 6.78. The first-order valence-electron chi connectivity index (χ1n) is 5.96. The third-order valence-electron chi connectivity index (χ3n) is 3.17. The molecule has 3 nitrogen and oxygen atoms in total. The summed E-state index contributed by atoms with van der Waals surface area (Å²) in [7, 11) is 0. The number of thiazole rings is 1. The smallest absolute Gasteiger partial charge is 0.125 e. The molecule has 2 heterocycles. The summed E-state index contributed by atoms with van der Waals surface area (Å²) >= 11 is 1.80. The Morgan fingerprint density at radius 2 is 2.38 bits per heavy atom. The van der Waals surface area contributed by atoms with Crippen molar-refractivity contribution < 1.29 is 4.74 Å². The molecule has 0 spiro atoms. The number of aromatic nitrogens is 1. The fourth-order valence-corrected chi connectivity index (χ4v) is 3.33. The minimum Gasteiger partial charge on any atom is -0.368 e. The van der Waals surface area contributed by atoms with Crippen LogP contribution in [0.2, 0.25) is 0 Å². The molecule has 2 N–H and O–H groups in total. The molecule has 1 aliphatic rings. The van der Waals surface area contributed by atoms with Gasteiger partial charge in [-0.05, 0) is 46.1 Å². The van der Waals surface area contributed by atoms with Crippen molar-refractivity contribution in [3.63, 3.8) is 0 Å².